The summed E-state index contributed by atoms with van der Waals surface area (Å²) in [6.45, 7) is 7.87. The van der Waals surface area contributed by atoms with Gasteiger partial charge in [0.1, 0.15) is 0 Å². The van der Waals surface area contributed by atoms with Crippen LogP contribution in [0.4, 0.5) is 4.79 Å². The average molecular weight is 187 g/mol. The van der Waals surface area contributed by atoms with Crippen LogP contribution in [-0.2, 0) is 4.74 Å². The third kappa shape index (κ3) is 4.15. The average Bonchev–Trinajstić information content (AvgIpc) is 2.20. The molecule has 1 amide bonds. The van der Waals surface area contributed by atoms with Crippen molar-refractivity contribution in [1.29, 1.82) is 0 Å². The Morgan fingerprint density at radius 3 is 2.54 bits per heavy atom. The van der Waals surface area contributed by atoms with Crippen molar-refractivity contribution in [3.05, 3.63) is 0 Å². The normalized spacial score (nSPS) is 21.5. The first-order valence-corrected chi connectivity index (χ1v) is 5.07. The minimum absolute atomic E-state index is 0.184. The second kappa shape index (κ2) is 6.75. The zero-order valence-electron chi connectivity index (χ0n) is 9.17. The van der Waals surface area contributed by atoms with Crippen molar-refractivity contribution in [2.45, 2.75) is 33.6 Å². The van der Waals surface area contributed by atoms with Crippen molar-refractivity contribution in [3.8, 4) is 0 Å². The largest absolute Gasteiger partial charge is 0.453 e. The maximum absolute atomic E-state index is 11.0. The summed E-state index contributed by atoms with van der Waals surface area (Å²) in [6.07, 6.45) is 2.15. The zero-order valence-corrected chi connectivity index (χ0v) is 9.17. The van der Waals surface area contributed by atoms with Crippen LogP contribution in [0.3, 0.4) is 0 Å². The lowest BCUT2D eigenvalue weighted by Crippen LogP contribution is -2.38. The summed E-state index contributed by atoms with van der Waals surface area (Å²) < 4.78 is 4.62. The van der Waals surface area contributed by atoms with Crippen LogP contribution in [0.2, 0.25) is 0 Å². The third-order valence-corrected chi connectivity index (χ3v) is 2.09. The highest BCUT2D eigenvalue weighted by atomic mass is 16.5. The molecule has 1 unspecified atom stereocenters. The molecular weight excluding hydrogens is 166 g/mol. The van der Waals surface area contributed by atoms with Crippen LogP contribution in [0.15, 0.2) is 0 Å². The molecular formula is C10H21NO2. The van der Waals surface area contributed by atoms with Crippen molar-refractivity contribution in [2.75, 3.05) is 20.2 Å². The van der Waals surface area contributed by atoms with Gasteiger partial charge in [-0.1, -0.05) is 20.8 Å². The number of rotatable bonds is 0. The van der Waals surface area contributed by atoms with Gasteiger partial charge in [-0.05, 0) is 18.8 Å². The fourth-order valence-electron chi connectivity index (χ4n) is 1.48. The topological polar surface area (TPSA) is 29.5 Å². The van der Waals surface area contributed by atoms with Gasteiger partial charge >= 0.3 is 6.09 Å². The van der Waals surface area contributed by atoms with E-state index in [2.05, 4.69) is 11.7 Å². The molecule has 1 atom stereocenters. The van der Waals surface area contributed by atoms with E-state index in [4.69, 9.17) is 0 Å². The molecule has 0 aromatic heterocycles. The van der Waals surface area contributed by atoms with Gasteiger partial charge in [0.25, 0.3) is 0 Å². The third-order valence-electron chi connectivity index (χ3n) is 2.09. The molecule has 1 fully saturated rings. The molecule has 78 valence electrons. The van der Waals surface area contributed by atoms with Crippen LogP contribution in [0.25, 0.3) is 0 Å². The molecule has 1 rings (SSSR count). The van der Waals surface area contributed by atoms with Gasteiger partial charge in [0.05, 0.1) is 7.11 Å². The maximum atomic E-state index is 11.0. The summed E-state index contributed by atoms with van der Waals surface area (Å²) in [4.78, 5) is 12.8. The van der Waals surface area contributed by atoms with E-state index in [0.717, 1.165) is 19.5 Å². The SMILES string of the molecule is CC.COC(=O)N1CCCC(C)C1. The Morgan fingerprint density at radius 1 is 1.46 bits per heavy atom. The molecule has 1 aliphatic rings. The standard InChI is InChI=1S/C8H15NO2.C2H6/c1-7-4-3-5-9(6-7)8(10)11-2;1-2/h7H,3-6H2,1-2H3;1-2H3. The van der Waals surface area contributed by atoms with E-state index in [-0.39, 0.29) is 6.09 Å². The van der Waals surface area contributed by atoms with Crippen LogP contribution in [0.1, 0.15) is 33.6 Å². The number of piperidine rings is 1. The lowest BCUT2D eigenvalue weighted by Gasteiger charge is -2.29. The van der Waals surface area contributed by atoms with Crippen LogP contribution in [0.5, 0.6) is 0 Å². The Bertz CT molecular complexity index is 148. The van der Waals surface area contributed by atoms with E-state index < -0.39 is 0 Å². The number of amides is 1. The molecule has 13 heavy (non-hydrogen) atoms. The number of methoxy groups -OCH3 is 1. The molecule has 1 aliphatic heterocycles. The number of likely N-dealkylation sites (tertiary alicyclic amines) is 1. The highest BCUT2D eigenvalue weighted by Gasteiger charge is 2.20. The van der Waals surface area contributed by atoms with Crippen molar-refractivity contribution in [1.82, 2.24) is 4.90 Å². The van der Waals surface area contributed by atoms with Gasteiger partial charge in [-0.15, -0.1) is 0 Å². The Hall–Kier alpha value is -0.730. The number of carbonyl (C=O) groups is 1. The Balaban J connectivity index is 0.000000671. The van der Waals surface area contributed by atoms with E-state index in [1.807, 2.05) is 13.8 Å². The zero-order chi connectivity index (χ0) is 10.3. The maximum Gasteiger partial charge on any atom is 0.409 e. The number of hydrogen-bond acceptors (Lipinski definition) is 2. The first kappa shape index (κ1) is 12.3. The minimum Gasteiger partial charge on any atom is -0.453 e. The summed E-state index contributed by atoms with van der Waals surface area (Å²) in [7, 11) is 1.43. The van der Waals surface area contributed by atoms with Crippen LogP contribution in [-0.4, -0.2) is 31.2 Å². The predicted molar refractivity (Wildman–Crippen MR) is 53.7 cm³/mol. The van der Waals surface area contributed by atoms with E-state index >= 15 is 0 Å². The van der Waals surface area contributed by atoms with Crippen molar-refractivity contribution in [3.63, 3.8) is 0 Å². The van der Waals surface area contributed by atoms with Gasteiger partial charge in [-0.3, -0.25) is 0 Å². The smallest absolute Gasteiger partial charge is 0.409 e. The summed E-state index contributed by atoms with van der Waals surface area (Å²) in [6, 6.07) is 0. The monoisotopic (exact) mass is 187 g/mol. The van der Waals surface area contributed by atoms with Crippen molar-refractivity contribution < 1.29 is 9.53 Å². The van der Waals surface area contributed by atoms with Gasteiger partial charge < -0.3 is 9.64 Å². The Kier molecular flexibility index (Phi) is 6.37. The molecule has 0 saturated carbocycles. The molecule has 3 nitrogen and oxygen atoms in total. The fraction of sp³-hybridized carbons (Fsp3) is 0.900. The molecule has 1 saturated heterocycles. The minimum atomic E-state index is -0.184. The number of nitrogens with zero attached hydrogens (tertiary/aromatic N) is 1. The van der Waals surface area contributed by atoms with Gasteiger partial charge in [-0.25, -0.2) is 4.79 Å². The highest BCUT2D eigenvalue weighted by molar-refractivity contribution is 5.67. The van der Waals surface area contributed by atoms with E-state index in [1.165, 1.54) is 13.5 Å². The van der Waals surface area contributed by atoms with Gasteiger partial charge in [0.2, 0.25) is 0 Å². The van der Waals surface area contributed by atoms with Crippen LogP contribution < -0.4 is 0 Å². The first-order chi connectivity index (χ1) is 6.24. The van der Waals surface area contributed by atoms with Crippen molar-refractivity contribution >= 4 is 6.09 Å². The quantitative estimate of drug-likeness (QED) is 0.583. The lowest BCUT2D eigenvalue weighted by atomic mass is 10.0. The van der Waals surface area contributed by atoms with Gasteiger partial charge in [-0.2, -0.15) is 0 Å². The van der Waals surface area contributed by atoms with E-state index in [1.54, 1.807) is 4.90 Å². The van der Waals surface area contributed by atoms with Gasteiger partial charge in [0.15, 0.2) is 0 Å². The molecule has 0 bridgehead atoms. The second-order valence-corrected chi connectivity index (χ2v) is 3.16. The van der Waals surface area contributed by atoms with Gasteiger partial charge in [0, 0.05) is 13.1 Å². The summed E-state index contributed by atoms with van der Waals surface area (Å²) in [5, 5.41) is 0. The number of carbonyl (C=O) groups excluding carboxylic acids is 1. The molecule has 1 heterocycles. The number of ether oxygens (including phenoxy) is 1. The van der Waals surface area contributed by atoms with E-state index in [9.17, 15) is 4.79 Å². The summed E-state index contributed by atoms with van der Waals surface area (Å²) >= 11 is 0. The molecule has 0 aliphatic carbocycles. The summed E-state index contributed by atoms with van der Waals surface area (Å²) in [5.74, 6) is 0.628. The molecule has 0 spiro atoms. The molecule has 0 aromatic rings. The fourth-order valence-corrected chi connectivity index (χ4v) is 1.48. The number of hydrogen-bond donors (Lipinski definition) is 0. The highest BCUT2D eigenvalue weighted by Crippen LogP contribution is 2.15. The Morgan fingerprint density at radius 2 is 2.08 bits per heavy atom. The molecule has 0 N–H and O–H groups in total. The van der Waals surface area contributed by atoms with E-state index in [0.29, 0.717) is 5.92 Å². The predicted octanol–water partition coefficient (Wildman–Crippen LogP) is 2.51. The Labute approximate surface area is 81.1 Å². The summed E-state index contributed by atoms with van der Waals surface area (Å²) in [5.41, 5.74) is 0. The molecule has 0 aromatic carbocycles. The lowest BCUT2D eigenvalue weighted by molar-refractivity contribution is 0.105. The first-order valence-electron chi connectivity index (χ1n) is 5.07. The second-order valence-electron chi connectivity index (χ2n) is 3.16. The van der Waals surface area contributed by atoms with Crippen LogP contribution >= 0.6 is 0 Å². The van der Waals surface area contributed by atoms with Crippen LogP contribution in [0, 0.1) is 5.92 Å². The molecule has 3 heteroatoms. The van der Waals surface area contributed by atoms with Crippen molar-refractivity contribution in [2.24, 2.45) is 5.92 Å². The molecule has 0 radical (unpaired) electrons.